The van der Waals surface area contributed by atoms with Crippen LogP contribution in [0, 0.1) is 6.92 Å². The summed E-state index contributed by atoms with van der Waals surface area (Å²) >= 11 is 6.51. The average Bonchev–Trinajstić information content (AvgIpc) is 2.70. The Kier molecular flexibility index (Phi) is 6.66. The van der Waals surface area contributed by atoms with Crippen LogP contribution in [-0.4, -0.2) is 12.0 Å². The van der Waals surface area contributed by atoms with Crippen molar-refractivity contribution < 1.29 is 9.53 Å². The highest BCUT2D eigenvalue weighted by molar-refractivity contribution is 6.31. The lowest BCUT2D eigenvalue weighted by molar-refractivity contribution is -0.122. The minimum Gasteiger partial charge on any atom is -0.490 e. The van der Waals surface area contributed by atoms with Gasteiger partial charge < -0.3 is 10.1 Å². The molecule has 0 heterocycles. The molecule has 28 heavy (non-hydrogen) atoms. The first-order valence-electron chi connectivity index (χ1n) is 10.3. The zero-order valence-electron chi connectivity index (χ0n) is 17.1. The molecule has 0 aliphatic heterocycles. The quantitative estimate of drug-likeness (QED) is 0.589. The predicted molar refractivity (Wildman–Crippen MR) is 116 cm³/mol. The second-order valence-electron chi connectivity index (χ2n) is 7.89. The van der Waals surface area contributed by atoms with Gasteiger partial charge in [-0.2, -0.15) is 0 Å². The summed E-state index contributed by atoms with van der Waals surface area (Å²) in [5, 5.41) is 3.83. The largest absolute Gasteiger partial charge is 0.490 e. The van der Waals surface area contributed by atoms with Crippen LogP contribution in [0.2, 0.25) is 5.02 Å². The van der Waals surface area contributed by atoms with E-state index in [2.05, 4.69) is 19.2 Å². The van der Waals surface area contributed by atoms with Gasteiger partial charge in [-0.3, -0.25) is 4.79 Å². The molecule has 1 saturated carbocycles. The maximum Gasteiger partial charge on any atom is 0.235 e. The van der Waals surface area contributed by atoms with Crippen molar-refractivity contribution in [3.05, 3.63) is 58.6 Å². The molecule has 1 unspecified atom stereocenters. The third-order valence-corrected chi connectivity index (χ3v) is 6.20. The Morgan fingerprint density at radius 2 is 1.89 bits per heavy atom. The van der Waals surface area contributed by atoms with Crippen LogP contribution in [0.25, 0.3) is 0 Å². The second-order valence-corrected chi connectivity index (χ2v) is 8.30. The lowest BCUT2D eigenvalue weighted by atomic mass is 9.68. The summed E-state index contributed by atoms with van der Waals surface area (Å²) in [5.41, 5.74) is 2.21. The molecule has 0 aromatic heterocycles. The molecule has 0 bridgehead atoms. The Labute approximate surface area is 173 Å². The van der Waals surface area contributed by atoms with E-state index >= 15 is 0 Å². The summed E-state index contributed by atoms with van der Waals surface area (Å²) in [6, 6.07) is 13.6. The van der Waals surface area contributed by atoms with Crippen molar-refractivity contribution in [2.75, 3.05) is 5.32 Å². The summed E-state index contributed by atoms with van der Waals surface area (Å²) in [6.45, 7) is 6.18. The molecular formula is C24H30ClNO2. The number of hydrogen-bond donors (Lipinski definition) is 1. The zero-order chi connectivity index (χ0) is 20.1. The number of carbonyl (C=O) groups excluding carboxylic acids is 1. The van der Waals surface area contributed by atoms with Crippen LogP contribution in [0.5, 0.6) is 5.75 Å². The monoisotopic (exact) mass is 399 g/mol. The van der Waals surface area contributed by atoms with Crippen LogP contribution in [-0.2, 0) is 10.2 Å². The molecule has 1 atom stereocenters. The lowest BCUT2D eigenvalue weighted by Gasteiger charge is -2.37. The normalized spacial score (nSPS) is 17.0. The van der Waals surface area contributed by atoms with Crippen LogP contribution in [0.15, 0.2) is 42.5 Å². The van der Waals surface area contributed by atoms with Crippen molar-refractivity contribution in [1.82, 2.24) is 0 Å². The topological polar surface area (TPSA) is 38.3 Å². The molecule has 0 radical (unpaired) electrons. The van der Waals surface area contributed by atoms with Gasteiger partial charge in [-0.25, -0.2) is 0 Å². The highest BCUT2D eigenvalue weighted by atomic mass is 35.5. The third kappa shape index (κ3) is 4.35. The first-order valence-corrected chi connectivity index (χ1v) is 10.7. The van der Waals surface area contributed by atoms with Gasteiger partial charge in [-0.05, 0) is 68.5 Å². The molecule has 2 aromatic rings. The highest BCUT2D eigenvalue weighted by Gasteiger charge is 2.42. The van der Waals surface area contributed by atoms with Gasteiger partial charge >= 0.3 is 0 Å². The van der Waals surface area contributed by atoms with Crippen molar-refractivity contribution in [1.29, 1.82) is 0 Å². The van der Waals surface area contributed by atoms with E-state index in [-0.39, 0.29) is 12.0 Å². The smallest absolute Gasteiger partial charge is 0.235 e. The minimum atomic E-state index is -0.559. The zero-order valence-corrected chi connectivity index (χ0v) is 17.8. The molecule has 2 aromatic carbocycles. The molecule has 1 amide bonds. The van der Waals surface area contributed by atoms with Gasteiger partial charge in [0.15, 0.2) is 0 Å². The number of ether oxygens (including phenoxy) is 1. The highest BCUT2D eigenvalue weighted by Crippen LogP contribution is 2.43. The molecule has 3 nitrogen and oxygen atoms in total. The van der Waals surface area contributed by atoms with E-state index < -0.39 is 5.41 Å². The molecule has 1 N–H and O–H groups in total. The molecule has 4 heteroatoms. The van der Waals surface area contributed by atoms with Gasteiger partial charge in [0.1, 0.15) is 5.75 Å². The van der Waals surface area contributed by atoms with Crippen molar-refractivity contribution in [3.63, 3.8) is 0 Å². The molecular weight excluding hydrogens is 370 g/mol. The van der Waals surface area contributed by atoms with Gasteiger partial charge in [0.25, 0.3) is 0 Å². The van der Waals surface area contributed by atoms with Gasteiger partial charge in [0.2, 0.25) is 5.91 Å². The fourth-order valence-electron chi connectivity index (χ4n) is 4.03. The number of nitrogens with one attached hydrogen (secondary N) is 1. The van der Waals surface area contributed by atoms with Crippen LogP contribution >= 0.6 is 11.6 Å². The number of rotatable bonds is 6. The Balaban J connectivity index is 1.85. The summed E-state index contributed by atoms with van der Waals surface area (Å²) in [5.74, 6) is 0.904. The molecule has 1 fully saturated rings. The van der Waals surface area contributed by atoms with Crippen LogP contribution < -0.4 is 10.1 Å². The number of aryl methyl sites for hydroxylation is 1. The molecule has 3 rings (SSSR count). The van der Waals surface area contributed by atoms with E-state index in [1.54, 1.807) is 0 Å². The fourth-order valence-corrected chi connectivity index (χ4v) is 4.35. The summed E-state index contributed by atoms with van der Waals surface area (Å²) < 4.78 is 5.95. The van der Waals surface area contributed by atoms with E-state index in [0.717, 1.165) is 54.7 Å². The molecule has 1 aliphatic carbocycles. The first-order chi connectivity index (χ1) is 13.5. The van der Waals surface area contributed by atoms with Crippen LogP contribution in [0.3, 0.4) is 0 Å². The predicted octanol–water partition coefficient (Wildman–Crippen LogP) is 6.67. The summed E-state index contributed by atoms with van der Waals surface area (Å²) in [4.78, 5) is 13.5. The van der Waals surface area contributed by atoms with Crippen molar-refractivity contribution in [3.8, 4) is 5.75 Å². The van der Waals surface area contributed by atoms with Gasteiger partial charge in [0, 0.05) is 10.7 Å². The van der Waals surface area contributed by atoms with Crippen LogP contribution in [0.4, 0.5) is 5.69 Å². The maximum atomic E-state index is 13.5. The van der Waals surface area contributed by atoms with E-state index in [4.69, 9.17) is 16.3 Å². The van der Waals surface area contributed by atoms with E-state index in [1.165, 1.54) is 6.42 Å². The van der Waals surface area contributed by atoms with Crippen molar-refractivity contribution in [2.24, 2.45) is 0 Å². The van der Waals surface area contributed by atoms with Gasteiger partial charge in [-0.1, -0.05) is 56.0 Å². The lowest BCUT2D eigenvalue weighted by Crippen LogP contribution is -2.42. The molecule has 0 saturated heterocycles. The minimum absolute atomic E-state index is 0.0373. The van der Waals surface area contributed by atoms with Gasteiger partial charge in [-0.15, -0.1) is 0 Å². The fraction of sp³-hybridized carbons (Fsp3) is 0.458. The van der Waals surface area contributed by atoms with E-state index in [0.29, 0.717) is 5.02 Å². The number of amides is 1. The third-order valence-electron chi connectivity index (χ3n) is 5.87. The molecule has 1 aliphatic rings. The Bertz CT molecular complexity index is 827. The maximum absolute atomic E-state index is 13.5. The molecule has 150 valence electrons. The number of halogens is 1. The summed E-state index contributed by atoms with van der Waals surface area (Å²) in [7, 11) is 0. The van der Waals surface area contributed by atoms with Crippen molar-refractivity contribution >= 4 is 23.2 Å². The SMILES string of the molecule is CCC(C)Oc1ccc(NC(=O)C2(c3ccccc3Cl)CCCCC2)cc1C. The second kappa shape index (κ2) is 9.00. The number of carbonyl (C=O) groups is 1. The summed E-state index contributed by atoms with van der Waals surface area (Å²) in [6.07, 6.45) is 6.04. The Morgan fingerprint density at radius 3 is 2.54 bits per heavy atom. The number of anilines is 1. The Morgan fingerprint density at radius 1 is 1.18 bits per heavy atom. The number of benzene rings is 2. The Hall–Kier alpha value is -2.00. The number of hydrogen-bond acceptors (Lipinski definition) is 2. The average molecular weight is 400 g/mol. The molecule has 0 spiro atoms. The van der Waals surface area contributed by atoms with E-state index in [1.807, 2.05) is 49.4 Å². The van der Waals surface area contributed by atoms with Gasteiger partial charge in [0.05, 0.1) is 11.5 Å². The van der Waals surface area contributed by atoms with Crippen LogP contribution in [0.1, 0.15) is 63.5 Å². The first kappa shape index (κ1) is 20.7. The standard InChI is InChI=1S/C24H30ClNO2/c1-4-18(3)28-22-13-12-19(16-17(22)2)26-23(27)24(14-8-5-9-15-24)20-10-6-7-11-21(20)25/h6-7,10-13,16,18H,4-5,8-9,14-15H2,1-3H3,(H,26,27). The van der Waals surface area contributed by atoms with Crippen molar-refractivity contribution in [2.45, 2.75) is 70.8 Å². The van der Waals surface area contributed by atoms with E-state index in [9.17, 15) is 4.79 Å².